The van der Waals surface area contributed by atoms with Crippen LogP contribution in [-0.4, -0.2) is 41.8 Å². The first-order chi connectivity index (χ1) is 10.5. The van der Waals surface area contributed by atoms with Crippen molar-refractivity contribution in [3.8, 4) is 0 Å². The fourth-order valence-electron chi connectivity index (χ4n) is 1.77. The molecule has 0 radical (unpaired) electrons. The number of carbonyl (C=O) groups is 1. The minimum atomic E-state index is -3.89. The van der Waals surface area contributed by atoms with Gasteiger partial charge in [0, 0.05) is 32.0 Å². The minimum absolute atomic E-state index is 0.419. The first kappa shape index (κ1) is 20.8. The van der Waals surface area contributed by atoms with Crippen LogP contribution in [0.5, 0.6) is 0 Å². The fourth-order valence-corrected chi connectivity index (χ4v) is 4.92. The third-order valence-corrected chi connectivity index (χ3v) is 6.53. The molecule has 0 aliphatic rings. The highest BCUT2D eigenvalue weighted by Gasteiger charge is 2.52. The van der Waals surface area contributed by atoms with Crippen LogP contribution in [0.25, 0.3) is 0 Å². The van der Waals surface area contributed by atoms with E-state index in [2.05, 4.69) is 5.32 Å². The smallest absolute Gasteiger partial charge is 0.310 e. The van der Waals surface area contributed by atoms with Crippen molar-refractivity contribution in [1.82, 2.24) is 4.90 Å². The van der Waals surface area contributed by atoms with E-state index in [1.807, 2.05) is 0 Å². The SMILES string of the molecule is COP(=O)(OC)C(N(C)C(=O)Nc1cccc(Cl)c1)C(Cl)(Cl)Cl. The molecule has 0 spiro atoms. The van der Waals surface area contributed by atoms with Gasteiger partial charge in [-0.15, -0.1) is 0 Å². The average molecular weight is 424 g/mol. The number of halogens is 4. The van der Waals surface area contributed by atoms with Crippen molar-refractivity contribution in [3.63, 3.8) is 0 Å². The molecule has 0 saturated heterocycles. The lowest BCUT2D eigenvalue weighted by Crippen LogP contribution is -2.47. The summed E-state index contributed by atoms with van der Waals surface area (Å²) in [6.45, 7) is 0. The summed E-state index contributed by atoms with van der Waals surface area (Å²) in [5.41, 5.74) is 0.419. The predicted octanol–water partition coefficient (Wildman–Crippen LogP) is 4.99. The van der Waals surface area contributed by atoms with Crippen molar-refractivity contribution in [1.29, 1.82) is 0 Å². The van der Waals surface area contributed by atoms with Crippen LogP contribution in [0.1, 0.15) is 0 Å². The molecule has 0 aromatic heterocycles. The van der Waals surface area contributed by atoms with Gasteiger partial charge in [-0.25, -0.2) is 4.79 Å². The Morgan fingerprint density at radius 2 is 1.87 bits per heavy atom. The van der Waals surface area contributed by atoms with Crippen molar-refractivity contribution in [2.45, 2.75) is 9.58 Å². The minimum Gasteiger partial charge on any atom is -0.310 e. The third kappa shape index (κ3) is 5.40. The van der Waals surface area contributed by atoms with Crippen molar-refractivity contribution in [2.75, 3.05) is 26.6 Å². The molecule has 0 saturated carbocycles. The zero-order valence-electron chi connectivity index (χ0n) is 12.4. The molecular formula is C12H15Cl4N2O4P. The van der Waals surface area contributed by atoms with Gasteiger partial charge in [-0.1, -0.05) is 52.5 Å². The Labute approximate surface area is 154 Å². The topological polar surface area (TPSA) is 67.9 Å². The monoisotopic (exact) mass is 422 g/mol. The Hall–Kier alpha value is -0.200. The maximum atomic E-state index is 12.6. The van der Waals surface area contributed by atoms with Crippen molar-refractivity contribution in [2.24, 2.45) is 0 Å². The number of urea groups is 1. The molecule has 0 fully saturated rings. The Morgan fingerprint density at radius 3 is 2.30 bits per heavy atom. The molecule has 6 nitrogen and oxygen atoms in total. The highest BCUT2D eigenvalue weighted by atomic mass is 35.6. The second-order valence-electron chi connectivity index (χ2n) is 4.37. The molecule has 1 rings (SSSR count). The summed E-state index contributed by atoms with van der Waals surface area (Å²) in [7, 11) is -0.321. The van der Waals surface area contributed by atoms with E-state index in [9.17, 15) is 9.36 Å². The van der Waals surface area contributed by atoms with Gasteiger partial charge in [-0.2, -0.15) is 0 Å². The van der Waals surface area contributed by atoms with Gasteiger partial charge in [0.05, 0.1) is 0 Å². The number of anilines is 1. The first-order valence-electron chi connectivity index (χ1n) is 6.12. The van der Waals surface area contributed by atoms with Crippen molar-refractivity contribution in [3.05, 3.63) is 29.3 Å². The van der Waals surface area contributed by atoms with Crippen LogP contribution in [0.15, 0.2) is 24.3 Å². The Bertz CT molecular complexity index is 603. The number of rotatable bonds is 5. The quantitative estimate of drug-likeness (QED) is 0.535. The Kier molecular flexibility index (Phi) is 7.48. The van der Waals surface area contributed by atoms with Gasteiger partial charge in [0.25, 0.3) is 0 Å². The standard InChI is InChI=1S/C12H15Cl4N2O4P/c1-18(10(12(14,15)16)23(20,21-2)22-3)11(19)17-9-6-4-5-8(13)7-9/h4-7,10H,1-3H3,(H,17,19). The normalized spacial score (nSPS) is 13.5. The molecule has 23 heavy (non-hydrogen) atoms. The molecule has 0 bridgehead atoms. The Balaban J connectivity index is 3.08. The van der Waals surface area contributed by atoms with Gasteiger partial charge in [0.1, 0.15) is 0 Å². The van der Waals surface area contributed by atoms with E-state index in [1.54, 1.807) is 18.2 Å². The van der Waals surface area contributed by atoms with Crippen LogP contribution in [0.2, 0.25) is 5.02 Å². The maximum Gasteiger partial charge on any atom is 0.356 e. The van der Waals surface area contributed by atoms with E-state index in [0.717, 1.165) is 19.1 Å². The first-order valence-corrected chi connectivity index (χ1v) is 9.25. The van der Waals surface area contributed by atoms with Crippen LogP contribution in [0.4, 0.5) is 10.5 Å². The average Bonchev–Trinajstić information content (AvgIpc) is 2.45. The fraction of sp³-hybridized carbons (Fsp3) is 0.417. The summed E-state index contributed by atoms with van der Waals surface area (Å²) in [5.74, 6) is -1.46. The van der Waals surface area contributed by atoms with Gasteiger partial charge in [0.15, 0.2) is 5.78 Å². The molecule has 0 aliphatic heterocycles. The molecule has 1 aromatic rings. The summed E-state index contributed by atoms with van der Waals surface area (Å²) >= 11 is 23.4. The molecule has 1 unspecified atom stereocenters. The van der Waals surface area contributed by atoms with E-state index in [1.165, 1.54) is 13.1 Å². The number of amides is 2. The van der Waals surface area contributed by atoms with Gasteiger partial charge in [-0.3, -0.25) is 4.57 Å². The molecule has 2 amide bonds. The lowest BCUT2D eigenvalue weighted by atomic mass is 10.3. The van der Waals surface area contributed by atoms with E-state index in [0.29, 0.717) is 10.7 Å². The number of hydrogen-bond donors (Lipinski definition) is 1. The van der Waals surface area contributed by atoms with Crippen LogP contribution >= 0.6 is 54.0 Å². The van der Waals surface area contributed by atoms with Gasteiger partial charge in [0.2, 0.25) is 3.79 Å². The van der Waals surface area contributed by atoms with Crippen molar-refractivity contribution >= 4 is 65.7 Å². The Morgan fingerprint density at radius 1 is 1.30 bits per heavy atom. The van der Waals surface area contributed by atoms with Crippen LogP contribution in [0, 0.1) is 0 Å². The number of carbonyl (C=O) groups excluding carboxylic acids is 1. The number of hydrogen-bond acceptors (Lipinski definition) is 4. The van der Waals surface area contributed by atoms with Gasteiger partial charge < -0.3 is 19.3 Å². The number of alkyl halides is 3. The third-order valence-electron chi connectivity index (χ3n) is 2.86. The highest BCUT2D eigenvalue weighted by molar-refractivity contribution is 7.55. The molecule has 0 heterocycles. The van der Waals surface area contributed by atoms with E-state index in [4.69, 9.17) is 55.5 Å². The summed E-state index contributed by atoms with van der Waals surface area (Å²) in [5, 5.41) is 2.98. The number of nitrogens with zero attached hydrogens (tertiary/aromatic N) is 1. The molecule has 1 atom stereocenters. The largest absolute Gasteiger partial charge is 0.356 e. The molecule has 1 N–H and O–H groups in total. The zero-order chi connectivity index (χ0) is 17.8. The second kappa shape index (κ2) is 8.26. The molecule has 1 aromatic carbocycles. The summed E-state index contributed by atoms with van der Waals surface area (Å²) in [6, 6.07) is 5.77. The summed E-state index contributed by atoms with van der Waals surface area (Å²) < 4.78 is 20.2. The lowest BCUT2D eigenvalue weighted by Gasteiger charge is -2.36. The van der Waals surface area contributed by atoms with Gasteiger partial charge in [-0.05, 0) is 18.2 Å². The lowest BCUT2D eigenvalue weighted by molar-refractivity contribution is 0.197. The molecular weight excluding hydrogens is 409 g/mol. The van der Waals surface area contributed by atoms with Crippen LogP contribution in [-0.2, 0) is 13.6 Å². The van der Waals surface area contributed by atoms with E-state index >= 15 is 0 Å². The molecule has 0 aliphatic carbocycles. The molecule has 130 valence electrons. The van der Waals surface area contributed by atoms with E-state index in [-0.39, 0.29) is 0 Å². The highest BCUT2D eigenvalue weighted by Crippen LogP contribution is 2.60. The maximum absolute atomic E-state index is 12.6. The summed E-state index contributed by atoms with van der Waals surface area (Å²) in [6.07, 6.45) is 0. The summed E-state index contributed by atoms with van der Waals surface area (Å²) in [4.78, 5) is 13.3. The van der Waals surface area contributed by atoms with E-state index < -0.39 is 23.2 Å². The zero-order valence-corrected chi connectivity index (χ0v) is 16.3. The van der Waals surface area contributed by atoms with Crippen LogP contribution < -0.4 is 5.32 Å². The second-order valence-corrected chi connectivity index (χ2v) is 9.48. The van der Waals surface area contributed by atoms with Crippen molar-refractivity contribution < 1.29 is 18.4 Å². The number of benzene rings is 1. The van der Waals surface area contributed by atoms with Gasteiger partial charge >= 0.3 is 13.6 Å². The molecule has 11 heteroatoms. The number of nitrogens with one attached hydrogen (secondary N) is 1. The van der Waals surface area contributed by atoms with Crippen LogP contribution in [0.3, 0.4) is 0 Å². The predicted molar refractivity (Wildman–Crippen MR) is 93.9 cm³/mol.